The number of hydrogen-bond acceptors (Lipinski definition) is 5. The average molecular weight is 417 g/mol. The quantitative estimate of drug-likeness (QED) is 0.752. The Balaban J connectivity index is 1.56. The van der Waals surface area contributed by atoms with Gasteiger partial charge in [0.05, 0.1) is 23.8 Å². The Bertz CT molecular complexity index is 854. The van der Waals surface area contributed by atoms with Crippen LogP contribution in [0, 0.1) is 0 Å². The van der Waals surface area contributed by atoms with Crippen LogP contribution in [0.15, 0.2) is 36.5 Å². The van der Waals surface area contributed by atoms with Crippen LogP contribution in [0.2, 0.25) is 5.02 Å². The van der Waals surface area contributed by atoms with Crippen molar-refractivity contribution in [2.45, 2.75) is 50.4 Å². The van der Waals surface area contributed by atoms with E-state index in [1.165, 1.54) is 6.20 Å². The number of nitrogens with zero attached hydrogens (tertiary/aromatic N) is 1. The van der Waals surface area contributed by atoms with Crippen molar-refractivity contribution in [3.63, 3.8) is 0 Å². The van der Waals surface area contributed by atoms with Crippen LogP contribution in [-0.2, 0) is 4.74 Å². The van der Waals surface area contributed by atoms with Crippen LogP contribution < -0.4 is 10.1 Å². The fraction of sp³-hybridized carbons (Fsp3) is 0.455. The summed E-state index contributed by atoms with van der Waals surface area (Å²) in [5.74, 6) is 0.213. The van der Waals surface area contributed by atoms with E-state index in [0.29, 0.717) is 23.1 Å². The Morgan fingerprint density at radius 3 is 2.69 bits per heavy atom. The Morgan fingerprint density at radius 1 is 1.24 bits per heavy atom. The van der Waals surface area contributed by atoms with E-state index in [1.807, 2.05) is 12.1 Å². The highest BCUT2D eigenvalue weighted by Crippen LogP contribution is 2.31. The van der Waals surface area contributed by atoms with Gasteiger partial charge in [-0.25, -0.2) is 4.98 Å². The molecule has 1 amide bonds. The lowest BCUT2D eigenvalue weighted by Gasteiger charge is -2.28. The standard InChI is InChI=1S/C22H25ClN2O4/c23-16-7-5-14(6-8-16)18-11-15(12-24-22(18)29-13-17-9-10-28-17)21(27)25-19-3-1-2-4-20(19)26/h5-8,11-12,17,19-20,26H,1-4,9-10,13H2,(H,25,27). The van der Waals surface area contributed by atoms with Gasteiger partial charge in [-0.2, -0.15) is 0 Å². The summed E-state index contributed by atoms with van der Waals surface area (Å²) in [6, 6.07) is 8.89. The third-order valence-electron chi connectivity index (χ3n) is 5.51. The summed E-state index contributed by atoms with van der Waals surface area (Å²) in [7, 11) is 0. The zero-order valence-electron chi connectivity index (χ0n) is 16.1. The molecule has 0 bridgehead atoms. The third kappa shape index (κ3) is 4.89. The van der Waals surface area contributed by atoms with E-state index in [0.717, 1.165) is 49.8 Å². The average Bonchev–Trinajstić information content (AvgIpc) is 2.69. The molecule has 6 nitrogen and oxygen atoms in total. The van der Waals surface area contributed by atoms with Crippen molar-refractivity contribution in [3.05, 3.63) is 47.1 Å². The van der Waals surface area contributed by atoms with E-state index in [-0.39, 0.29) is 18.1 Å². The highest BCUT2D eigenvalue weighted by molar-refractivity contribution is 6.30. The fourth-order valence-corrected chi connectivity index (χ4v) is 3.77. The van der Waals surface area contributed by atoms with E-state index < -0.39 is 6.10 Å². The Morgan fingerprint density at radius 2 is 2.00 bits per heavy atom. The van der Waals surface area contributed by atoms with Gasteiger partial charge < -0.3 is 19.9 Å². The first-order valence-electron chi connectivity index (χ1n) is 10.1. The van der Waals surface area contributed by atoms with Crippen molar-refractivity contribution in [1.82, 2.24) is 10.3 Å². The Hall–Kier alpha value is -2.15. The van der Waals surface area contributed by atoms with Crippen molar-refractivity contribution in [2.24, 2.45) is 0 Å². The molecule has 4 rings (SSSR count). The second kappa shape index (κ2) is 9.11. The number of aliphatic hydroxyl groups excluding tert-OH is 1. The molecular weight excluding hydrogens is 392 g/mol. The number of benzene rings is 1. The summed E-state index contributed by atoms with van der Waals surface area (Å²) in [5.41, 5.74) is 2.01. The minimum atomic E-state index is -0.499. The minimum absolute atomic E-state index is 0.0885. The lowest BCUT2D eigenvalue weighted by Crippen LogP contribution is -2.45. The molecule has 2 heterocycles. The van der Waals surface area contributed by atoms with Gasteiger partial charge >= 0.3 is 0 Å². The number of pyridine rings is 1. The molecule has 0 radical (unpaired) electrons. The van der Waals surface area contributed by atoms with Crippen LogP contribution in [0.4, 0.5) is 0 Å². The normalized spacial score (nSPS) is 23.9. The molecule has 3 atom stereocenters. The number of amides is 1. The number of carbonyl (C=O) groups excluding carboxylic acids is 1. The number of halogens is 1. The third-order valence-corrected chi connectivity index (χ3v) is 5.77. The lowest BCUT2D eigenvalue weighted by atomic mass is 9.92. The summed E-state index contributed by atoms with van der Waals surface area (Å²) in [4.78, 5) is 17.2. The summed E-state index contributed by atoms with van der Waals surface area (Å²) in [5, 5.41) is 13.7. The zero-order valence-corrected chi connectivity index (χ0v) is 16.9. The van der Waals surface area contributed by atoms with E-state index in [1.54, 1.807) is 18.2 Å². The highest BCUT2D eigenvalue weighted by Gasteiger charge is 2.26. The molecule has 154 valence electrons. The molecule has 1 aliphatic heterocycles. The number of aromatic nitrogens is 1. The molecule has 2 fully saturated rings. The van der Waals surface area contributed by atoms with Crippen LogP contribution in [0.5, 0.6) is 5.88 Å². The van der Waals surface area contributed by atoms with Crippen molar-refractivity contribution in [2.75, 3.05) is 13.2 Å². The molecular formula is C22H25ClN2O4. The number of rotatable bonds is 6. The zero-order chi connectivity index (χ0) is 20.2. The summed E-state index contributed by atoms with van der Waals surface area (Å²) >= 11 is 6.02. The Kier molecular flexibility index (Phi) is 6.33. The van der Waals surface area contributed by atoms with Crippen LogP contribution in [0.1, 0.15) is 42.5 Å². The molecule has 2 aromatic rings. The van der Waals surface area contributed by atoms with Gasteiger partial charge in [-0.05, 0) is 36.6 Å². The van der Waals surface area contributed by atoms with Gasteiger partial charge in [0.2, 0.25) is 5.88 Å². The van der Waals surface area contributed by atoms with Gasteiger partial charge in [0.25, 0.3) is 5.91 Å². The predicted molar refractivity (Wildman–Crippen MR) is 110 cm³/mol. The van der Waals surface area contributed by atoms with Crippen molar-refractivity contribution in [3.8, 4) is 17.0 Å². The van der Waals surface area contributed by atoms with Gasteiger partial charge in [0, 0.05) is 29.8 Å². The SMILES string of the molecule is O=C(NC1CCCCC1O)c1cnc(OCC2CCO2)c(-c2ccc(Cl)cc2)c1. The Labute approximate surface area is 175 Å². The minimum Gasteiger partial charge on any atom is -0.474 e. The van der Waals surface area contributed by atoms with Crippen LogP contribution in [0.3, 0.4) is 0 Å². The van der Waals surface area contributed by atoms with Gasteiger partial charge in [-0.3, -0.25) is 4.79 Å². The van der Waals surface area contributed by atoms with Crippen LogP contribution in [0.25, 0.3) is 11.1 Å². The molecule has 3 unspecified atom stereocenters. The monoisotopic (exact) mass is 416 g/mol. The maximum atomic E-state index is 12.8. The second-order valence-electron chi connectivity index (χ2n) is 7.61. The highest BCUT2D eigenvalue weighted by atomic mass is 35.5. The van der Waals surface area contributed by atoms with Crippen molar-refractivity contribution < 1.29 is 19.4 Å². The molecule has 1 saturated carbocycles. The van der Waals surface area contributed by atoms with Gasteiger partial charge in [0.1, 0.15) is 6.61 Å². The number of nitrogens with one attached hydrogen (secondary N) is 1. The molecule has 7 heteroatoms. The summed E-state index contributed by atoms with van der Waals surface area (Å²) in [6.07, 6.45) is 5.58. The first-order valence-corrected chi connectivity index (χ1v) is 10.5. The molecule has 29 heavy (non-hydrogen) atoms. The van der Waals surface area contributed by atoms with E-state index >= 15 is 0 Å². The first kappa shape index (κ1) is 20.1. The van der Waals surface area contributed by atoms with Crippen molar-refractivity contribution in [1.29, 1.82) is 0 Å². The summed E-state index contributed by atoms with van der Waals surface area (Å²) in [6.45, 7) is 1.19. The van der Waals surface area contributed by atoms with E-state index in [9.17, 15) is 9.90 Å². The van der Waals surface area contributed by atoms with Crippen LogP contribution >= 0.6 is 11.6 Å². The second-order valence-corrected chi connectivity index (χ2v) is 8.04. The van der Waals surface area contributed by atoms with E-state index in [4.69, 9.17) is 21.1 Å². The molecule has 1 aromatic heterocycles. The number of aliphatic hydroxyl groups is 1. The number of hydrogen-bond donors (Lipinski definition) is 2. The van der Waals surface area contributed by atoms with Gasteiger partial charge in [0.15, 0.2) is 0 Å². The van der Waals surface area contributed by atoms with Gasteiger partial charge in [-0.15, -0.1) is 0 Å². The molecule has 1 aromatic carbocycles. The largest absolute Gasteiger partial charge is 0.474 e. The molecule has 2 N–H and O–H groups in total. The maximum Gasteiger partial charge on any atom is 0.253 e. The smallest absolute Gasteiger partial charge is 0.253 e. The molecule has 1 saturated heterocycles. The summed E-state index contributed by atoms with van der Waals surface area (Å²) < 4.78 is 11.3. The molecule has 1 aliphatic carbocycles. The fourth-order valence-electron chi connectivity index (χ4n) is 3.65. The first-order chi connectivity index (χ1) is 14.1. The lowest BCUT2D eigenvalue weighted by molar-refractivity contribution is -0.0726. The van der Waals surface area contributed by atoms with Crippen LogP contribution in [-0.4, -0.2) is 47.5 Å². The predicted octanol–water partition coefficient (Wildman–Crippen LogP) is 3.60. The molecule has 2 aliphatic rings. The van der Waals surface area contributed by atoms with Gasteiger partial charge in [-0.1, -0.05) is 36.6 Å². The number of carbonyl (C=O) groups is 1. The van der Waals surface area contributed by atoms with E-state index in [2.05, 4.69) is 10.3 Å². The maximum absolute atomic E-state index is 12.8. The molecule has 0 spiro atoms. The van der Waals surface area contributed by atoms with Crippen molar-refractivity contribution >= 4 is 17.5 Å². The topological polar surface area (TPSA) is 80.7 Å². The number of ether oxygens (including phenoxy) is 2.